The van der Waals surface area contributed by atoms with Gasteiger partial charge in [-0.3, -0.25) is 9.59 Å². The van der Waals surface area contributed by atoms with Crippen LogP contribution in [0.3, 0.4) is 0 Å². The molecular weight excluding hydrogens is 388 g/mol. The Balaban J connectivity index is 2.34. The molecule has 1 aromatic rings. The third kappa shape index (κ3) is 8.13. The van der Waals surface area contributed by atoms with E-state index in [-0.39, 0.29) is 29.7 Å². The number of carbonyl (C=O) groups excluding carboxylic acids is 2. The molecule has 0 unspecified atom stereocenters. The van der Waals surface area contributed by atoms with Gasteiger partial charge in [0.25, 0.3) is 0 Å². The number of carbonyl (C=O) groups is 2. The van der Waals surface area contributed by atoms with Gasteiger partial charge in [-0.05, 0) is 25.0 Å². The lowest BCUT2D eigenvalue weighted by Crippen LogP contribution is -2.31. The molecule has 0 fully saturated rings. The fourth-order valence-electron chi connectivity index (χ4n) is 2.36. The van der Waals surface area contributed by atoms with E-state index in [4.69, 9.17) is 9.47 Å². The highest BCUT2D eigenvalue weighted by Gasteiger charge is 2.17. The van der Waals surface area contributed by atoms with Crippen LogP contribution in [0.5, 0.6) is 11.5 Å². The van der Waals surface area contributed by atoms with Crippen molar-refractivity contribution in [2.75, 3.05) is 34.4 Å². The maximum absolute atomic E-state index is 12.3. The number of esters is 1. The number of benzene rings is 1. The van der Waals surface area contributed by atoms with E-state index in [1.54, 1.807) is 0 Å². The van der Waals surface area contributed by atoms with Crippen molar-refractivity contribution in [1.29, 1.82) is 0 Å². The zero-order valence-corrected chi connectivity index (χ0v) is 17.3. The molecular formula is C18H28N2O7S. The molecule has 158 valence electrons. The van der Waals surface area contributed by atoms with Gasteiger partial charge in [0, 0.05) is 32.0 Å². The minimum atomic E-state index is -3.77. The highest BCUT2D eigenvalue weighted by atomic mass is 32.2. The molecule has 0 aliphatic heterocycles. The molecule has 0 aliphatic carbocycles. The molecule has 0 saturated heterocycles. The molecule has 10 heteroatoms. The Labute approximate surface area is 165 Å². The summed E-state index contributed by atoms with van der Waals surface area (Å²) >= 11 is 0. The fourth-order valence-corrected chi connectivity index (χ4v) is 3.40. The Morgan fingerprint density at radius 2 is 1.64 bits per heavy atom. The second-order valence-electron chi connectivity index (χ2n) is 5.90. The number of rotatable bonds is 13. The zero-order valence-electron chi connectivity index (χ0n) is 16.4. The summed E-state index contributed by atoms with van der Waals surface area (Å²) in [5.74, 6) is 0.233. The number of nitrogens with one attached hydrogen (secondary N) is 2. The summed E-state index contributed by atoms with van der Waals surface area (Å²) in [5, 5.41) is 2.72. The van der Waals surface area contributed by atoms with Crippen LogP contribution in [-0.2, 0) is 24.3 Å². The topological polar surface area (TPSA) is 120 Å². The first kappa shape index (κ1) is 23.7. The van der Waals surface area contributed by atoms with Crippen LogP contribution in [0.15, 0.2) is 23.1 Å². The monoisotopic (exact) mass is 416 g/mol. The lowest BCUT2D eigenvalue weighted by molar-refractivity contribution is -0.140. The highest BCUT2D eigenvalue weighted by molar-refractivity contribution is 7.89. The molecule has 2 N–H and O–H groups in total. The van der Waals surface area contributed by atoms with E-state index >= 15 is 0 Å². The van der Waals surface area contributed by atoms with Crippen LogP contribution in [0.4, 0.5) is 0 Å². The van der Waals surface area contributed by atoms with E-state index in [9.17, 15) is 18.0 Å². The Morgan fingerprint density at radius 1 is 0.929 bits per heavy atom. The number of sulfonamides is 1. The second-order valence-corrected chi connectivity index (χ2v) is 7.67. The van der Waals surface area contributed by atoms with Crippen molar-refractivity contribution in [3.05, 3.63) is 18.2 Å². The molecule has 9 nitrogen and oxygen atoms in total. The van der Waals surface area contributed by atoms with E-state index in [1.165, 1.54) is 39.5 Å². The normalized spacial score (nSPS) is 11.0. The first-order valence-corrected chi connectivity index (χ1v) is 10.4. The van der Waals surface area contributed by atoms with Gasteiger partial charge in [-0.1, -0.05) is 6.42 Å². The predicted octanol–water partition coefficient (Wildman–Crippen LogP) is 1.22. The number of ether oxygens (including phenoxy) is 3. The molecule has 28 heavy (non-hydrogen) atoms. The largest absolute Gasteiger partial charge is 0.493 e. The number of amides is 1. The standard InChI is InChI=1S/C18H28N2O7S/c1-25-15-9-8-14(13-16(15)26-2)28(23,24)20-12-10-17(21)19-11-6-4-5-7-18(22)27-3/h8-9,13,20H,4-7,10-12H2,1-3H3,(H,19,21). The predicted molar refractivity (Wildman–Crippen MR) is 103 cm³/mol. The number of hydrogen-bond acceptors (Lipinski definition) is 7. The smallest absolute Gasteiger partial charge is 0.305 e. The second kappa shape index (κ2) is 12.2. The van der Waals surface area contributed by atoms with Gasteiger partial charge in [0.05, 0.1) is 26.2 Å². The van der Waals surface area contributed by atoms with E-state index in [0.717, 1.165) is 12.8 Å². The third-order valence-electron chi connectivity index (χ3n) is 3.92. The molecule has 0 atom stereocenters. The molecule has 0 radical (unpaired) electrons. The fraction of sp³-hybridized carbons (Fsp3) is 0.556. The van der Waals surface area contributed by atoms with Crippen molar-refractivity contribution >= 4 is 21.9 Å². The van der Waals surface area contributed by atoms with Crippen LogP contribution >= 0.6 is 0 Å². The van der Waals surface area contributed by atoms with E-state index in [1.807, 2.05) is 0 Å². The molecule has 1 rings (SSSR count). The maximum atomic E-state index is 12.3. The van der Waals surface area contributed by atoms with Gasteiger partial charge in [-0.25, -0.2) is 13.1 Å². The van der Waals surface area contributed by atoms with Gasteiger partial charge in [0.2, 0.25) is 15.9 Å². The highest BCUT2D eigenvalue weighted by Crippen LogP contribution is 2.29. The van der Waals surface area contributed by atoms with Gasteiger partial charge in [0.15, 0.2) is 11.5 Å². The number of unbranched alkanes of at least 4 members (excludes halogenated alkanes) is 2. The first-order chi connectivity index (χ1) is 13.3. The summed E-state index contributed by atoms with van der Waals surface area (Å²) in [7, 11) is 0.462. The van der Waals surface area contributed by atoms with E-state index < -0.39 is 10.0 Å². The summed E-state index contributed by atoms with van der Waals surface area (Å²) in [4.78, 5) is 22.8. The van der Waals surface area contributed by atoms with Crippen molar-refractivity contribution < 1.29 is 32.2 Å². The Kier molecular flexibility index (Phi) is 10.3. The maximum Gasteiger partial charge on any atom is 0.305 e. The summed E-state index contributed by atoms with van der Waals surface area (Å²) in [6, 6.07) is 4.26. The third-order valence-corrected chi connectivity index (χ3v) is 5.38. The van der Waals surface area contributed by atoms with Crippen LogP contribution in [0.2, 0.25) is 0 Å². The number of hydrogen-bond donors (Lipinski definition) is 2. The van der Waals surface area contributed by atoms with Crippen LogP contribution in [-0.4, -0.2) is 54.7 Å². The van der Waals surface area contributed by atoms with Crippen molar-refractivity contribution in [3.63, 3.8) is 0 Å². The summed E-state index contributed by atoms with van der Waals surface area (Å²) in [6.07, 6.45) is 2.62. The quantitative estimate of drug-likeness (QED) is 0.366. The van der Waals surface area contributed by atoms with Crippen molar-refractivity contribution in [1.82, 2.24) is 10.0 Å². The van der Waals surface area contributed by atoms with Crippen molar-refractivity contribution in [3.8, 4) is 11.5 Å². The minimum absolute atomic E-state index is 0.0225. The summed E-state index contributed by atoms with van der Waals surface area (Å²) < 4.78 is 41.7. The molecule has 0 aromatic heterocycles. The van der Waals surface area contributed by atoms with Gasteiger partial charge in [-0.2, -0.15) is 0 Å². The molecule has 0 spiro atoms. The van der Waals surface area contributed by atoms with Gasteiger partial charge >= 0.3 is 5.97 Å². The SMILES string of the molecule is COC(=O)CCCCCNC(=O)CCNS(=O)(=O)c1ccc(OC)c(OC)c1. The first-order valence-electron chi connectivity index (χ1n) is 8.89. The molecule has 0 aliphatic rings. The Morgan fingerprint density at radius 3 is 2.29 bits per heavy atom. The summed E-state index contributed by atoms with van der Waals surface area (Å²) in [6.45, 7) is 0.452. The van der Waals surface area contributed by atoms with E-state index in [0.29, 0.717) is 30.9 Å². The lowest BCUT2D eigenvalue weighted by atomic mass is 10.2. The molecule has 1 amide bonds. The van der Waals surface area contributed by atoms with Gasteiger partial charge < -0.3 is 19.5 Å². The van der Waals surface area contributed by atoms with Crippen molar-refractivity contribution in [2.24, 2.45) is 0 Å². The molecule has 0 bridgehead atoms. The minimum Gasteiger partial charge on any atom is -0.493 e. The molecule has 0 saturated carbocycles. The van der Waals surface area contributed by atoms with Crippen LogP contribution in [0.25, 0.3) is 0 Å². The Bertz CT molecular complexity index is 750. The lowest BCUT2D eigenvalue weighted by Gasteiger charge is -2.11. The average Bonchev–Trinajstić information content (AvgIpc) is 2.69. The van der Waals surface area contributed by atoms with E-state index in [2.05, 4.69) is 14.8 Å². The zero-order chi connectivity index (χ0) is 21.0. The summed E-state index contributed by atoms with van der Waals surface area (Å²) in [5.41, 5.74) is 0. The molecule has 1 aromatic carbocycles. The van der Waals surface area contributed by atoms with Crippen LogP contribution in [0, 0.1) is 0 Å². The van der Waals surface area contributed by atoms with Gasteiger partial charge in [-0.15, -0.1) is 0 Å². The average molecular weight is 416 g/mol. The molecule has 0 heterocycles. The van der Waals surface area contributed by atoms with Gasteiger partial charge in [0.1, 0.15) is 0 Å². The Hall–Kier alpha value is -2.33. The van der Waals surface area contributed by atoms with Crippen molar-refractivity contribution in [2.45, 2.75) is 37.0 Å². The van der Waals surface area contributed by atoms with Crippen LogP contribution < -0.4 is 19.5 Å². The van der Waals surface area contributed by atoms with Crippen LogP contribution in [0.1, 0.15) is 32.1 Å². The number of methoxy groups -OCH3 is 3.